The third kappa shape index (κ3) is 6.45. The molecule has 1 heterocycles. The fourth-order valence-electron chi connectivity index (χ4n) is 2.47. The lowest BCUT2D eigenvalue weighted by Crippen LogP contribution is -2.32. The Bertz CT molecular complexity index is 452. The largest absolute Gasteiger partial charge is 0.462 e. The molecule has 0 saturated carbocycles. The maximum absolute atomic E-state index is 11.9. The van der Waals surface area contributed by atoms with E-state index in [0.29, 0.717) is 6.42 Å². The molecule has 132 valence electrons. The Morgan fingerprint density at radius 1 is 1.39 bits per heavy atom. The number of aliphatic hydroxyl groups is 2. The number of esters is 1. The van der Waals surface area contributed by atoms with Crippen LogP contribution in [0, 0.1) is 5.92 Å². The summed E-state index contributed by atoms with van der Waals surface area (Å²) in [6.07, 6.45) is 4.96. The van der Waals surface area contributed by atoms with Gasteiger partial charge in [0, 0.05) is 19.4 Å². The van der Waals surface area contributed by atoms with Crippen molar-refractivity contribution in [3.05, 3.63) is 23.8 Å². The number of carbonyl (C=O) groups excluding carboxylic acids is 1. The van der Waals surface area contributed by atoms with Gasteiger partial charge < -0.3 is 19.7 Å². The first-order chi connectivity index (χ1) is 10.7. The third-order valence-corrected chi connectivity index (χ3v) is 4.51. The predicted octanol–water partition coefficient (Wildman–Crippen LogP) is 2.37. The standard InChI is InChI=1S/C18H30O5/c1-12-6-7-15(19)13(2)14(3)23-17(20)9-11-18(4,21)10-8-16(12)22-5/h6,8,10,13-16,19,21H,7,9,11H2,1-5H3/b10-8?,12-6-/t13-,14-,15?,16?,18-/m1/s1. The van der Waals surface area contributed by atoms with E-state index in [9.17, 15) is 15.0 Å². The van der Waals surface area contributed by atoms with Crippen LogP contribution in [0.1, 0.15) is 47.0 Å². The van der Waals surface area contributed by atoms with Crippen LogP contribution in [0.5, 0.6) is 0 Å². The Morgan fingerprint density at radius 2 is 2.04 bits per heavy atom. The Hall–Kier alpha value is -1.17. The molecule has 0 aromatic heterocycles. The summed E-state index contributed by atoms with van der Waals surface area (Å²) in [7, 11) is 1.60. The van der Waals surface area contributed by atoms with Gasteiger partial charge >= 0.3 is 5.97 Å². The van der Waals surface area contributed by atoms with Crippen molar-refractivity contribution in [2.45, 2.75) is 70.9 Å². The Kier molecular flexibility index (Phi) is 7.45. The number of ether oxygens (including phenoxy) is 2. The van der Waals surface area contributed by atoms with Crippen molar-refractivity contribution in [2.75, 3.05) is 7.11 Å². The van der Waals surface area contributed by atoms with Gasteiger partial charge in [-0.3, -0.25) is 4.79 Å². The zero-order valence-electron chi connectivity index (χ0n) is 14.8. The first kappa shape index (κ1) is 19.9. The van der Waals surface area contributed by atoms with Gasteiger partial charge in [-0.1, -0.05) is 25.2 Å². The average Bonchev–Trinajstić information content (AvgIpc) is 2.49. The molecule has 2 unspecified atom stereocenters. The van der Waals surface area contributed by atoms with E-state index in [0.717, 1.165) is 5.57 Å². The van der Waals surface area contributed by atoms with Gasteiger partial charge in [0.1, 0.15) is 6.10 Å². The molecule has 5 atom stereocenters. The molecule has 0 saturated heterocycles. The number of hydrogen-bond donors (Lipinski definition) is 2. The monoisotopic (exact) mass is 326 g/mol. The van der Waals surface area contributed by atoms with E-state index in [4.69, 9.17) is 9.47 Å². The molecule has 0 spiro atoms. The first-order valence-corrected chi connectivity index (χ1v) is 8.15. The lowest BCUT2D eigenvalue weighted by atomic mass is 9.94. The van der Waals surface area contributed by atoms with Crippen molar-refractivity contribution in [1.29, 1.82) is 0 Å². The van der Waals surface area contributed by atoms with Crippen molar-refractivity contribution in [3.63, 3.8) is 0 Å². The normalized spacial score (nSPS) is 40.0. The van der Waals surface area contributed by atoms with Gasteiger partial charge in [-0.2, -0.15) is 0 Å². The zero-order chi connectivity index (χ0) is 17.6. The SMILES string of the molecule is COC1C=C[C@@](C)(O)CCC(=O)O[C@H](C)[C@@H](C)C(O)C/C=C\1C. The van der Waals surface area contributed by atoms with E-state index >= 15 is 0 Å². The van der Waals surface area contributed by atoms with Crippen LogP contribution in [0.4, 0.5) is 0 Å². The van der Waals surface area contributed by atoms with Crippen LogP contribution in [-0.2, 0) is 14.3 Å². The maximum atomic E-state index is 11.9. The fraction of sp³-hybridized carbons (Fsp3) is 0.722. The number of rotatable bonds is 1. The molecule has 23 heavy (non-hydrogen) atoms. The number of methoxy groups -OCH3 is 1. The highest BCUT2D eigenvalue weighted by Crippen LogP contribution is 2.21. The average molecular weight is 326 g/mol. The molecule has 1 rings (SSSR count). The Labute approximate surface area is 139 Å². The maximum Gasteiger partial charge on any atom is 0.306 e. The van der Waals surface area contributed by atoms with E-state index in [1.54, 1.807) is 33.1 Å². The van der Waals surface area contributed by atoms with Crippen molar-refractivity contribution >= 4 is 5.97 Å². The zero-order valence-corrected chi connectivity index (χ0v) is 14.8. The summed E-state index contributed by atoms with van der Waals surface area (Å²) in [5.41, 5.74) is -0.137. The second-order valence-corrected chi connectivity index (χ2v) is 6.68. The topological polar surface area (TPSA) is 76.0 Å². The van der Waals surface area contributed by atoms with Crippen molar-refractivity contribution in [1.82, 2.24) is 0 Å². The number of aliphatic hydroxyl groups excluding tert-OH is 1. The highest BCUT2D eigenvalue weighted by atomic mass is 16.5. The quantitative estimate of drug-likeness (QED) is 0.571. The predicted molar refractivity (Wildman–Crippen MR) is 88.9 cm³/mol. The van der Waals surface area contributed by atoms with Crippen LogP contribution in [0.25, 0.3) is 0 Å². The van der Waals surface area contributed by atoms with E-state index in [-0.39, 0.29) is 36.9 Å². The molecule has 0 aromatic rings. The van der Waals surface area contributed by atoms with Crippen molar-refractivity contribution in [3.8, 4) is 0 Å². The van der Waals surface area contributed by atoms with Crippen molar-refractivity contribution in [2.24, 2.45) is 5.92 Å². The van der Waals surface area contributed by atoms with E-state index < -0.39 is 11.7 Å². The lowest BCUT2D eigenvalue weighted by molar-refractivity contribution is -0.153. The van der Waals surface area contributed by atoms with Gasteiger partial charge in [-0.05, 0) is 39.2 Å². The molecule has 0 aromatic carbocycles. The van der Waals surface area contributed by atoms with Gasteiger partial charge in [-0.25, -0.2) is 0 Å². The van der Waals surface area contributed by atoms with Gasteiger partial charge in [-0.15, -0.1) is 0 Å². The molecular formula is C18H30O5. The molecule has 2 N–H and O–H groups in total. The Balaban J connectivity index is 3.03. The minimum Gasteiger partial charge on any atom is -0.462 e. The van der Waals surface area contributed by atoms with Gasteiger partial charge in [0.25, 0.3) is 0 Å². The number of carbonyl (C=O) groups is 1. The van der Waals surface area contributed by atoms with Gasteiger partial charge in [0.15, 0.2) is 0 Å². The van der Waals surface area contributed by atoms with E-state index in [1.807, 2.05) is 19.9 Å². The Morgan fingerprint density at radius 3 is 2.65 bits per heavy atom. The van der Waals surface area contributed by atoms with Crippen LogP contribution >= 0.6 is 0 Å². The summed E-state index contributed by atoms with van der Waals surface area (Å²) >= 11 is 0. The highest BCUT2D eigenvalue weighted by molar-refractivity contribution is 5.69. The fourth-order valence-corrected chi connectivity index (χ4v) is 2.47. The summed E-state index contributed by atoms with van der Waals surface area (Å²) in [6, 6.07) is 0. The van der Waals surface area contributed by atoms with Crippen LogP contribution in [-0.4, -0.2) is 47.2 Å². The summed E-state index contributed by atoms with van der Waals surface area (Å²) in [4.78, 5) is 11.9. The second kappa shape index (κ2) is 8.62. The minimum absolute atomic E-state index is 0.122. The summed E-state index contributed by atoms with van der Waals surface area (Å²) in [5, 5.41) is 20.6. The molecule has 0 radical (unpaired) electrons. The molecule has 0 fully saturated rings. The summed E-state index contributed by atoms with van der Waals surface area (Å²) < 4.78 is 10.8. The molecule has 0 bridgehead atoms. The smallest absolute Gasteiger partial charge is 0.306 e. The van der Waals surface area contributed by atoms with Crippen LogP contribution in [0.3, 0.4) is 0 Å². The van der Waals surface area contributed by atoms with Gasteiger partial charge in [0.2, 0.25) is 0 Å². The van der Waals surface area contributed by atoms with Crippen molar-refractivity contribution < 1.29 is 24.5 Å². The minimum atomic E-state index is -1.10. The van der Waals surface area contributed by atoms with Gasteiger partial charge in [0.05, 0.1) is 17.8 Å². The summed E-state index contributed by atoms with van der Waals surface area (Å²) in [5.74, 6) is -0.541. The third-order valence-electron chi connectivity index (χ3n) is 4.51. The molecule has 0 aliphatic carbocycles. The number of cyclic esters (lactones) is 1. The molecule has 5 nitrogen and oxygen atoms in total. The molecule has 1 aliphatic heterocycles. The van der Waals surface area contributed by atoms with Crippen LogP contribution in [0.2, 0.25) is 0 Å². The molecular weight excluding hydrogens is 296 g/mol. The number of hydrogen-bond acceptors (Lipinski definition) is 5. The first-order valence-electron chi connectivity index (χ1n) is 8.15. The highest BCUT2D eigenvalue weighted by Gasteiger charge is 2.26. The summed E-state index contributed by atoms with van der Waals surface area (Å²) in [6.45, 7) is 7.23. The molecule has 5 heteroatoms. The second-order valence-electron chi connectivity index (χ2n) is 6.68. The van der Waals surface area contributed by atoms with E-state index in [1.165, 1.54) is 0 Å². The molecule has 0 amide bonds. The van der Waals surface area contributed by atoms with Crippen LogP contribution < -0.4 is 0 Å². The van der Waals surface area contributed by atoms with E-state index in [2.05, 4.69) is 0 Å². The lowest BCUT2D eigenvalue weighted by Gasteiger charge is -2.26. The van der Waals surface area contributed by atoms with Crippen LogP contribution in [0.15, 0.2) is 23.8 Å². The molecule has 1 aliphatic rings.